The molecule has 2 aromatic rings. The number of aryl methyl sites for hydroxylation is 1. The lowest BCUT2D eigenvalue weighted by atomic mass is 10.1. The van der Waals surface area contributed by atoms with Crippen molar-refractivity contribution in [3.05, 3.63) is 58.4 Å². The van der Waals surface area contributed by atoms with Crippen molar-refractivity contribution < 1.29 is 23.1 Å². The van der Waals surface area contributed by atoms with Gasteiger partial charge in [-0.3, -0.25) is 4.79 Å². The largest absolute Gasteiger partial charge is 0.416 e. The molecular formula is C22H22F3N3O2. The van der Waals surface area contributed by atoms with Gasteiger partial charge in [0, 0.05) is 30.2 Å². The first-order chi connectivity index (χ1) is 14.1. The summed E-state index contributed by atoms with van der Waals surface area (Å²) in [5.41, 5.74) is 1.46. The minimum absolute atomic E-state index is 0.0457. The monoisotopic (exact) mass is 417 g/mol. The van der Waals surface area contributed by atoms with Crippen LogP contribution in [-0.2, 0) is 11.0 Å². The zero-order valence-electron chi connectivity index (χ0n) is 16.7. The van der Waals surface area contributed by atoms with Crippen molar-refractivity contribution in [2.24, 2.45) is 0 Å². The molecule has 0 spiro atoms. The van der Waals surface area contributed by atoms with Crippen LogP contribution in [0.3, 0.4) is 0 Å². The highest BCUT2D eigenvalue weighted by Gasteiger charge is 2.31. The number of amides is 1. The fourth-order valence-corrected chi connectivity index (χ4v) is 3.69. The van der Waals surface area contributed by atoms with Crippen molar-refractivity contribution in [1.29, 1.82) is 5.26 Å². The number of hydrogen-bond acceptors (Lipinski definition) is 3. The molecule has 1 aliphatic heterocycles. The number of halogens is 3. The van der Waals surface area contributed by atoms with Gasteiger partial charge in [-0.2, -0.15) is 18.4 Å². The lowest BCUT2D eigenvalue weighted by Gasteiger charge is -2.29. The van der Waals surface area contributed by atoms with E-state index in [1.165, 1.54) is 17.0 Å². The molecule has 0 saturated carbocycles. The topological polar surface area (TPSA) is 69.3 Å². The third kappa shape index (κ3) is 4.41. The van der Waals surface area contributed by atoms with Crippen LogP contribution in [0.2, 0.25) is 0 Å². The molecule has 158 valence electrons. The minimum Gasteiger partial charge on any atom is -0.393 e. The highest BCUT2D eigenvalue weighted by molar-refractivity contribution is 6.01. The molecule has 1 aliphatic rings. The van der Waals surface area contributed by atoms with E-state index in [2.05, 4.69) is 0 Å². The van der Waals surface area contributed by atoms with E-state index < -0.39 is 23.8 Å². The molecule has 1 saturated heterocycles. The predicted octanol–water partition coefficient (Wildman–Crippen LogP) is 4.00. The van der Waals surface area contributed by atoms with E-state index in [1.54, 1.807) is 30.5 Å². The van der Waals surface area contributed by atoms with Gasteiger partial charge >= 0.3 is 6.18 Å². The summed E-state index contributed by atoms with van der Waals surface area (Å²) in [4.78, 5) is 14.2. The van der Waals surface area contributed by atoms with Crippen LogP contribution in [0, 0.1) is 25.2 Å². The number of nitrogens with zero attached hydrogens (tertiary/aromatic N) is 3. The Morgan fingerprint density at radius 2 is 1.90 bits per heavy atom. The average molecular weight is 417 g/mol. The van der Waals surface area contributed by atoms with Gasteiger partial charge in [0.2, 0.25) is 0 Å². The maximum Gasteiger partial charge on any atom is 0.416 e. The Hall–Kier alpha value is -3.05. The molecule has 0 aliphatic carbocycles. The van der Waals surface area contributed by atoms with Gasteiger partial charge in [-0.25, -0.2) is 0 Å². The number of nitriles is 1. The van der Waals surface area contributed by atoms with Gasteiger partial charge in [0.25, 0.3) is 5.91 Å². The molecule has 1 fully saturated rings. The number of hydrogen-bond donors (Lipinski definition) is 1. The van der Waals surface area contributed by atoms with E-state index in [0.29, 0.717) is 48.6 Å². The maximum atomic E-state index is 13.1. The van der Waals surface area contributed by atoms with Crippen LogP contribution in [0.1, 0.15) is 35.4 Å². The Bertz CT molecular complexity index is 1020. The number of aliphatic hydroxyl groups is 1. The zero-order valence-corrected chi connectivity index (χ0v) is 16.7. The van der Waals surface area contributed by atoms with E-state index in [9.17, 15) is 28.3 Å². The number of rotatable bonds is 3. The van der Waals surface area contributed by atoms with Crippen molar-refractivity contribution >= 4 is 12.0 Å². The average Bonchev–Trinajstić information content (AvgIpc) is 2.98. The molecule has 0 unspecified atom stereocenters. The second-order valence-electron chi connectivity index (χ2n) is 7.40. The Morgan fingerprint density at radius 1 is 1.23 bits per heavy atom. The first-order valence-electron chi connectivity index (χ1n) is 9.57. The van der Waals surface area contributed by atoms with Crippen molar-refractivity contribution in [3.63, 3.8) is 0 Å². The molecule has 1 amide bonds. The van der Waals surface area contributed by atoms with Crippen molar-refractivity contribution in [1.82, 2.24) is 9.47 Å². The standard InChI is InChI=1S/C22H22F3N3O2/c1-14-10-16(11-17(13-26)21(30)27-8-6-20(29)7-9-27)15(2)28(14)19-5-3-4-18(12-19)22(23,24)25/h3-5,10-12,20,29H,6-9H2,1-2H3/b17-11-. The summed E-state index contributed by atoms with van der Waals surface area (Å²) in [5, 5.41) is 19.1. The molecular weight excluding hydrogens is 395 g/mol. The van der Waals surface area contributed by atoms with E-state index in [-0.39, 0.29) is 5.57 Å². The first-order valence-corrected chi connectivity index (χ1v) is 9.57. The summed E-state index contributed by atoms with van der Waals surface area (Å²) >= 11 is 0. The van der Waals surface area contributed by atoms with Gasteiger partial charge in [-0.05, 0) is 62.6 Å². The summed E-state index contributed by atoms with van der Waals surface area (Å²) in [6, 6.07) is 8.69. The smallest absolute Gasteiger partial charge is 0.393 e. The molecule has 0 atom stereocenters. The van der Waals surface area contributed by atoms with Crippen LogP contribution >= 0.6 is 0 Å². The highest BCUT2D eigenvalue weighted by Crippen LogP contribution is 2.31. The van der Waals surface area contributed by atoms with Crippen molar-refractivity contribution in [2.75, 3.05) is 13.1 Å². The number of aliphatic hydroxyl groups excluding tert-OH is 1. The lowest BCUT2D eigenvalue weighted by molar-refractivity contribution is -0.137. The molecule has 1 N–H and O–H groups in total. The molecule has 0 radical (unpaired) electrons. The van der Waals surface area contributed by atoms with Crippen molar-refractivity contribution in [3.8, 4) is 11.8 Å². The summed E-state index contributed by atoms with van der Waals surface area (Å²) in [5.74, 6) is -0.409. The number of benzene rings is 1. The number of aromatic nitrogens is 1. The number of alkyl halides is 3. The van der Waals surface area contributed by atoms with Crippen molar-refractivity contribution in [2.45, 2.75) is 39.0 Å². The van der Waals surface area contributed by atoms with Gasteiger partial charge in [0.15, 0.2) is 0 Å². The normalized spacial score (nSPS) is 15.9. The zero-order chi connectivity index (χ0) is 22.1. The third-order valence-corrected chi connectivity index (χ3v) is 5.30. The number of piperidine rings is 1. The molecule has 3 rings (SSSR count). The second kappa shape index (κ2) is 8.36. The van der Waals surface area contributed by atoms with Crippen LogP contribution in [-0.4, -0.2) is 39.7 Å². The fraction of sp³-hybridized carbons (Fsp3) is 0.364. The summed E-state index contributed by atoms with van der Waals surface area (Å²) < 4.78 is 40.9. The van der Waals surface area contributed by atoms with Crippen LogP contribution in [0.25, 0.3) is 11.8 Å². The maximum absolute atomic E-state index is 13.1. The predicted molar refractivity (Wildman–Crippen MR) is 106 cm³/mol. The molecule has 5 nitrogen and oxygen atoms in total. The third-order valence-electron chi connectivity index (χ3n) is 5.30. The Morgan fingerprint density at radius 3 is 2.50 bits per heavy atom. The van der Waals surface area contributed by atoms with Gasteiger partial charge in [-0.1, -0.05) is 6.07 Å². The SMILES string of the molecule is Cc1cc(/C=C(/C#N)C(=O)N2CCC(O)CC2)c(C)n1-c1cccc(C(F)(F)F)c1. The summed E-state index contributed by atoms with van der Waals surface area (Å²) in [6.45, 7) is 4.24. The number of carbonyl (C=O) groups is 1. The van der Waals surface area contributed by atoms with Crippen LogP contribution in [0.5, 0.6) is 0 Å². The van der Waals surface area contributed by atoms with E-state index in [4.69, 9.17) is 0 Å². The number of likely N-dealkylation sites (tertiary alicyclic amines) is 1. The van der Waals surface area contributed by atoms with E-state index in [0.717, 1.165) is 12.1 Å². The quantitative estimate of drug-likeness (QED) is 0.606. The summed E-state index contributed by atoms with van der Waals surface area (Å²) in [6.07, 6.45) is -2.48. The molecule has 1 aromatic heterocycles. The van der Waals surface area contributed by atoms with Gasteiger partial charge in [-0.15, -0.1) is 0 Å². The fourth-order valence-electron chi connectivity index (χ4n) is 3.69. The Balaban J connectivity index is 1.95. The molecule has 0 bridgehead atoms. The summed E-state index contributed by atoms with van der Waals surface area (Å²) in [7, 11) is 0. The van der Waals surface area contributed by atoms with Crippen LogP contribution in [0.4, 0.5) is 13.2 Å². The Kier molecular flexibility index (Phi) is 6.04. The molecule has 30 heavy (non-hydrogen) atoms. The van der Waals surface area contributed by atoms with E-state index >= 15 is 0 Å². The second-order valence-corrected chi connectivity index (χ2v) is 7.40. The molecule has 2 heterocycles. The van der Waals surface area contributed by atoms with Gasteiger partial charge < -0.3 is 14.6 Å². The van der Waals surface area contributed by atoms with E-state index in [1.807, 2.05) is 6.07 Å². The molecule has 1 aromatic carbocycles. The number of carbonyl (C=O) groups excluding carboxylic acids is 1. The van der Waals surface area contributed by atoms with Gasteiger partial charge in [0.1, 0.15) is 11.6 Å². The highest BCUT2D eigenvalue weighted by atomic mass is 19.4. The van der Waals surface area contributed by atoms with Crippen LogP contribution < -0.4 is 0 Å². The Labute approximate surface area is 172 Å². The van der Waals surface area contributed by atoms with Crippen LogP contribution in [0.15, 0.2) is 35.9 Å². The van der Waals surface area contributed by atoms with Gasteiger partial charge in [0.05, 0.1) is 11.7 Å². The lowest BCUT2D eigenvalue weighted by Crippen LogP contribution is -2.40. The molecule has 8 heteroatoms. The minimum atomic E-state index is -4.45. The first kappa shape index (κ1) is 21.7.